The summed E-state index contributed by atoms with van der Waals surface area (Å²) in [6, 6.07) is 0.713. The van der Waals surface area contributed by atoms with Crippen molar-refractivity contribution in [3.8, 4) is 0 Å². The summed E-state index contributed by atoms with van der Waals surface area (Å²) in [4.78, 5) is 33.4. The van der Waals surface area contributed by atoms with E-state index >= 15 is 0 Å². The Morgan fingerprint density at radius 1 is 0.724 bits per heavy atom. The molecule has 0 aliphatic heterocycles. The molecule has 0 fully saturated rings. The van der Waals surface area contributed by atoms with Gasteiger partial charge in [-0.3, -0.25) is 14.4 Å². The van der Waals surface area contributed by atoms with E-state index in [1.54, 1.807) is 27.7 Å². The zero-order chi connectivity index (χ0) is 24.2. The van der Waals surface area contributed by atoms with E-state index in [2.05, 4.69) is 42.1 Å². The van der Waals surface area contributed by atoms with Crippen LogP contribution in [0.1, 0.15) is 83.1 Å². The van der Waals surface area contributed by atoms with Gasteiger partial charge in [0.15, 0.2) is 0 Å². The molecule has 0 heterocycles. The molecular weight excluding hydrogens is 370 g/mol. The lowest BCUT2D eigenvalue weighted by Crippen LogP contribution is -2.29. The molecule has 0 amide bonds. The first-order valence-corrected chi connectivity index (χ1v) is 10.7. The first-order valence-electron chi connectivity index (χ1n) is 10.7. The molecular formula is C23H49NO5. The second-order valence-electron chi connectivity index (χ2n) is 7.66. The lowest BCUT2D eigenvalue weighted by atomic mass is 10.1. The minimum Gasteiger partial charge on any atom is -0.469 e. The van der Waals surface area contributed by atoms with Crippen LogP contribution in [-0.2, 0) is 23.9 Å². The fourth-order valence-electron chi connectivity index (χ4n) is 1.50. The Balaban J connectivity index is -0.000000145. The standard InChI is InChI=1S/C7H17N.C6H12O2.C5H10O2.C5H10O/c1-5-8(6-2)7(3)4;1-4-8-6(7)5(2)3;1-4(2)5(6)7-3;1-4(2)5(3)6/h7H,5-6H2,1-4H3;5H,4H2,1-3H3;4H,1-3H3;4H,1-3H3. The average molecular weight is 420 g/mol. The van der Waals surface area contributed by atoms with Gasteiger partial charge in [0.2, 0.25) is 0 Å². The van der Waals surface area contributed by atoms with Crippen LogP contribution in [0.5, 0.6) is 0 Å². The highest BCUT2D eigenvalue weighted by Gasteiger charge is 2.05. The number of Topliss-reactive ketones (excluding diaryl/α,β-unsaturated/α-hetero) is 1. The zero-order valence-electron chi connectivity index (χ0n) is 21.4. The third-order valence-corrected chi connectivity index (χ3v) is 3.79. The Bertz CT molecular complexity index is 400. The van der Waals surface area contributed by atoms with Crippen LogP contribution in [0.3, 0.4) is 0 Å². The molecule has 0 saturated heterocycles. The molecule has 0 spiro atoms. The van der Waals surface area contributed by atoms with Gasteiger partial charge in [-0.25, -0.2) is 0 Å². The number of hydrogen-bond acceptors (Lipinski definition) is 6. The highest BCUT2D eigenvalue weighted by Crippen LogP contribution is 1.95. The van der Waals surface area contributed by atoms with Crippen molar-refractivity contribution in [3.63, 3.8) is 0 Å². The van der Waals surface area contributed by atoms with Crippen molar-refractivity contribution < 1.29 is 23.9 Å². The van der Waals surface area contributed by atoms with Crippen LogP contribution in [0.2, 0.25) is 0 Å². The van der Waals surface area contributed by atoms with Crippen LogP contribution in [0.25, 0.3) is 0 Å². The first-order chi connectivity index (χ1) is 13.2. The van der Waals surface area contributed by atoms with E-state index in [0.717, 1.165) is 0 Å². The number of nitrogens with zero attached hydrogens (tertiary/aromatic N) is 1. The van der Waals surface area contributed by atoms with Gasteiger partial charge >= 0.3 is 11.9 Å². The summed E-state index contributed by atoms with van der Waals surface area (Å²) in [6.45, 7) is 26.1. The monoisotopic (exact) mass is 419 g/mol. The van der Waals surface area contributed by atoms with Crippen molar-refractivity contribution in [1.82, 2.24) is 4.90 Å². The first kappa shape index (κ1) is 35.0. The van der Waals surface area contributed by atoms with Crippen LogP contribution in [-0.4, -0.2) is 55.5 Å². The molecule has 6 nitrogen and oxygen atoms in total. The van der Waals surface area contributed by atoms with Crippen LogP contribution < -0.4 is 0 Å². The summed E-state index contributed by atoms with van der Waals surface area (Å²) in [5.74, 6) is 0.215. The van der Waals surface area contributed by atoms with Crippen LogP contribution in [0, 0.1) is 17.8 Å². The van der Waals surface area contributed by atoms with Crippen molar-refractivity contribution in [2.45, 2.75) is 89.1 Å². The Morgan fingerprint density at radius 3 is 1.10 bits per heavy atom. The number of esters is 2. The molecule has 0 radical (unpaired) electrons. The summed E-state index contributed by atoms with van der Waals surface area (Å²) in [7, 11) is 1.39. The smallest absolute Gasteiger partial charge is 0.308 e. The lowest BCUT2D eigenvalue weighted by molar-refractivity contribution is -0.147. The fourth-order valence-corrected chi connectivity index (χ4v) is 1.50. The Morgan fingerprint density at radius 2 is 1.07 bits per heavy atom. The van der Waals surface area contributed by atoms with E-state index in [9.17, 15) is 14.4 Å². The summed E-state index contributed by atoms with van der Waals surface area (Å²) < 4.78 is 9.04. The third kappa shape index (κ3) is 28.9. The molecule has 0 aliphatic rings. The zero-order valence-corrected chi connectivity index (χ0v) is 21.4. The molecule has 0 unspecified atom stereocenters. The van der Waals surface area contributed by atoms with Crippen molar-refractivity contribution in [3.05, 3.63) is 0 Å². The van der Waals surface area contributed by atoms with Gasteiger partial charge in [0.05, 0.1) is 25.6 Å². The Hall–Kier alpha value is -1.43. The van der Waals surface area contributed by atoms with Gasteiger partial charge in [-0.15, -0.1) is 0 Å². The number of rotatable bonds is 7. The predicted molar refractivity (Wildman–Crippen MR) is 122 cm³/mol. The molecule has 0 N–H and O–H groups in total. The Labute approximate surface area is 180 Å². The topological polar surface area (TPSA) is 72.9 Å². The molecule has 0 rings (SSSR count). The maximum absolute atomic E-state index is 10.5. The SMILES string of the molecule is CC(=O)C(C)C.CCN(CC)C(C)C.CCOC(=O)C(C)C.COC(=O)C(C)C. The highest BCUT2D eigenvalue weighted by molar-refractivity contribution is 5.77. The minimum absolute atomic E-state index is 0.00463. The van der Waals surface area contributed by atoms with E-state index in [1.807, 2.05) is 27.7 Å². The predicted octanol–water partition coefficient (Wildman–Crippen LogP) is 4.99. The largest absolute Gasteiger partial charge is 0.469 e. The molecule has 0 aromatic rings. The van der Waals surface area contributed by atoms with Crippen molar-refractivity contribution in [1.29, 1.82) is 0 Å². The van der Waals surface area contributed by atoms with E-state index < -0.39 is 0 Å². The number of carbonyl (C=O) groups excluding carboxylic acids is 3. The average Bonchev–Trinajstić information content (AvgIpc) is 2.63. The summed E-state index contributed by atoms with van der Waals surface area (Å²) in [5.41, 5.74) is 0. The third-order valence-electron chi connectivity index (χ3n) is 3.79. The van der Waals surface area contributed by atoms with Gasteiger partial charge in [-0.2, -0.15) is 0 Å². The lowest BCUT2D eigenvalue weighted by Gasteiger charge is -2.21. The molecule has 6 heteroatoms. The molecule has 0 aromatic carbocycles. The minimum atomic E-state index is -0.153. The maximum Gasteiger partial charge on any atom is 0.308 e. The highest BCUT2D eigenvalue weighted by atomic mass is 16.5. The molecule has 0 bridgehead atoms. The van der Waals surface area contributed by atoms with Gasteiger partial charge in [-0.05, 0) is 40.8 Å². The Kier molecular flexibility index (Phi) is 27.6. The van der Waals surface area contributed by atoms with Gasteiger partial charge in [-0.1, -0.05) is 55.4 Å². The van der Waals surface area contributed by atoms with E-state index in [-0.39, 0.29) is 35.5 Å². The van der Waals surface area contributed by atoms with Crippen molar-refractivity contribution >= 4 is 17.7 Å². The molecule has 176 valence electrons. The fraction of sp³-hybridized carbons (Fsp3) is 0.870. The number of ketones is 1. The van der Waals surface area contributed by atoms with E-state index in [1.165, 1.54) is 20.2 Å². The molecule has 0 saturated carbocycles. The van der Waals surface area contributed by atoms with Crippen molar-refractivity contribution in [2.24, 2.45) is 17.8 Å². The van der Waals surface area contributed by atoms with Gasteiger partial charge in [0.1, 0.15) is 5.78 Å². The number of hydrogen-bond donors (Lipinski definition) is 0. The molecule has 29 heavy (non-hydrogen) atoms. The van der Waals surface area contributed by atoms with E-state index in [0.29, 0.717) is 12.6 Å². The number of methoxy groups -OCH3 is 1. The van der Waals surface area contributed by atoms with E-state index in [4.69, 9.17) is 0 Å². The molecule has 0 aliphatic carbocycles. The molecule has 0 atom stereocenters. The normalized spacial score (nSPS) is 9.86. The summed E-state index contributed by atoms with van der Waals surface area (Å²) in [5, 5.41) is 0. The van der Waals surface area contributed by atoms with Gasteiger partial charge in [0, 0.05) is 12.0 Å². The van der Waals surface area contributed by atoms with Gasteiger partial charge < -0.3 is 14.4 Å². The second kappa shape index (κ2) is 22.9. The molecule has 0 aromatic heterocycles. The van der Waals surface area contributed by atoms with Crippen LogP contribution in [0.4, 0.5) is 0 Å². The van der Waals surface area contributed by atoms with Gasteiger partial charge in [0.25, 0.3) is 0 Å². The quantitative estimate of drug-likeness (QED) is 0.541. The maximum atomic E-state index is 10.5. The number of ether oxygens (including phenoxy) is 2. The second-order valence-corrected chi connectivity index (χ2v) is 7.66. The number of carbonyl (C=O) groups is 3. The van der Waals surface area contributed by atoms with Crippen molar-refractivity contribution in [2.75, 3.05) is 26.8 Å². The van der Waals surface area contributed by atoms with Crippen LogP contribution >= 0.6 is 0 Å². The summed E-state index contributed by atoms with van der Waals surface area (Å²) >= 11 is 0. The van der Waals surface area contributed by atoms with Crippen LogP contribution in [0.15, 0.2) is 0 Å². The summed E-state index contributed by atoms with van der Waals surface area (Å²) in [6.07, 6.45) is 0.